The van der Waals surface area contributed by atoms with Crippen LogP contribution < -0.4 is 0 Å². The van der Waals surface area contributed by atoms with Crippen LogP contribution in [0.5, 0.6) is 0 Å². The first-order chi connectivity index (χ1) is 6.93. The Balaban J connectivity index is 2.76. The van der Waals surface area contributed by atoms with Crippen LogP contribution in [0.4, 0.5) is 13.2 Å². The van der Waals surface area contributed by atoms with Crippen molar-refractivity contribution in [2.24, 2.45) is 5.92 Å². The van der Waals surface area contributed by atoms with Crippen LogP contribution in [0, 0.1) is 5.92 Å². The van der Waals surface area contributed by atoms with Gasteiger partial charge in [-0.25, -0.2) is 0 Å². The van der Waals surface area contributed by atoms with Gasteiger partial charge in [0.15, 0.2) is 0 Å². The highest BCUT2D eigenvalue weighted by Gasteiger charge is 2.38. The van der Waals surface area contributed by atoms with Crippen molar-refractivity contribution < 1.29 is 18.3 Å². The molecule has 1 unspecified atom stereocenters. The third kappa shape index (κ3) is 3.83. The molecule has 0 aliphatic carbocycles. The summed E-state index contributed by atoms with van der Waals surface area (Å²) in [4.78, 5) is 0. The second-order valence-corrected chi connectivity index (χ2v) is 4.17. The van der Waals surface area contributed by atoms with Crippen molar-refractivity contribution in [3.8, 4) is 0 Å². The lowest BCUT2D eigenvalue weighted by atomic mass is 10.00. The molecule has 1 atom stereocenters. The molecule has 1 N–H and O–H groups in total. The quantitative estimate of drug-likeness (QED) is 0.903. The van der Waals surface area contributed by atoms with E-state index in [0.717, 1.165) is 4.47 Å². The maximum atomic E-state index is 12.3. The average Bonchev–Trinajstić information content (AvgIpc) is 2.12. The van der Waals surface area contributed by atoms with Crippen LogP contribution in [0.25, 0.3) is 0 Å². The van der Waals surface area contributed by atoms with Gasteiger partial charge in [-0.05, 0) is 24.1 Å². The summed E-state index contributed by atoms with van der Waals surface area (Å²) in [6.45, 7) is -0.879. The zero-order chi connectivity index (χ0) is 11.5. The van der Waals surface area contributed by atoms with Gasteiger partial charge < -0.3 is 5.11 Å². The summed E-state index contributed by atoms with van der Waals surface area (Å²) in [7, 11) is 0. The minimum absolute atomic E-state index is 0.195. The standard InChI is InChI=1S/C10H10BrF3O/c11-9-3-1-2-7(5-9)4-8(6-15)10(12,13)14/h1-3,5,8,15H,4,6H2. The van der Waals surface area contributed by atoms with Gasteiger partial charge in [0.05, 0.1) is 12.5 Å². The van der Waals surface area contributed by atoms with Gasteiger partial charge in [-0.2, -0.15) is 13.2 Å². The summed E-state index contributed by atoms with van der Waals surface area (Å²) < 4.78 is 37.7. The van der Waals surface area contributed by atoms with Gasteiger partial charge in [-0.15, -0.1) is 0 Å². The SMILES string of the molecule is OCC(Cc1cccc(Br)c1)C(F)(F)F. The fourth-order valence-electron chi connectivity index (χ4n) is 1.23. The predicted octanol–water partition coefficient (Wildman–Crippen LogP) is 3.16. The molecular formula is C10H10BrF3O. The summed E-state index contributed by atoms with van der Waals surface area (Å²) in [5.41, 5.74) is 0.556. The van der Waals surface area contributed by atoms with E-state index in [-0.39, 0.29) is 6.42 Å². The molecule has 0 heterocycles. The van der Waals surface area contributed by atoms with Crippen LogP contribution in [0.15, 0.2) is 28.7 Å². The van der Waals surface area contributed by atoms with E-state index < -0.39 is 18.7 Å². The predicted molar refractivity (Wildman–Crippen MR) is 54.5 cm³/mol. The van der Waals surface area contributed by atoms with Crippen molar-refractivity contribution in [1.82, 2.24) is 0 Å². The molecule has 1 aromatic rings. The first kappa shape index (κ1) is 12.5. The van der Waals surface area contributed by atoms with Gasteiger partial charge in [-0.3, -0.25) is 0 Å². The molecule has 0 saturated carbocycles. The van der Waals surface area contributed by atoms with Crippen molar-refractivity contribution in [2.45, 2.75) is 12.6 Å². The number of benzene rings is 1. The van der Waals surface area contributed by atoms with E-state index in [2.05, 4.69) is 15.9 Å². The van der Waals surface area contributed by atoms with Gasteiger partial charge in [0.2, 0.25) is 0 Å². The lowest BCUT2D eigenvalue weighted by Gasteiger charge is -2.17. The Labute approximate surface area is 94.0 Å². The fourth-order valence-corrected chi connectivity index (χ4v) is 1.68. The number of halogens is 4. The molecule has 1 rings (SSSR count). The Morgan fingerprint density at radius 3 is 2.47 bits per heavy atom. The van der Waals surface area contributed by atoms with Crippen molar-refractivity contribution in [3.05, 3.63) is 34.3 Å². The Morgan fingerprint density at radius 2 is 2.00 bits per heavy atom. The first-order valence-electron chi connectivity index (χ1n) is 4.35. The molecule has 5 heteroatoms. The zero-order valence-electron chi connectivity index (χ0n) is 7.76. The van der Waals surface area contributed by atoms with Crippen LogP contribution in [0.2, 0.25) is 0 Å². The van der Waals surface area contributed by atoms with Gasteiger partial charge in [0, 0.05) is 4.47 Å². The zero-order valence-corrected chi connectivity index (χ0v) is 9.35. The third-order valence-corrected chi connectivity index (χ3v) is 2.55. The second kappa shape index (κ2) is 4.99. The maximum absolute atomic E-state index is 12.3. The molecule has 0 aliphatic rings. The molecule has 0 aromatic heterocycles. The van der Waals surface area contributed by atoms with Gasteiger partial charge in [0.25, 0.3) is 0 Å². The molecular weight excluding hydrogens is 273 g/mol. The molecule has 0 bridgehead atoms. The first-order valence-corrected chi connectivity index (χ1v) is 5.15. The highest BCUT2D eigenvalue weighted by atomic mass is 79.9. The van der Waals surface area contributed by atoms with E-state index >= 15 is 0 Å². The number of aliphatic hydroxyl groups excluding tert-OH is 1. The molecule has 0 amide bonds. The Morgan fingerprint density at radius 1 is 1.33 bits per heavy atom. The Hall–Kier alpha value is -0.550. The average molecular weight is 283 g/mol. The lowest BCUT2D eigenvalue weighted by Crippen LogP contribution is -2.28. The molecule has 1 aromatic carbocycles. The van der Waals surface area contributed by atoms with E-state index in [9.17, 15) is 13.2 Å². The third-order valence-electron chi connectivity index (χ3n) is 2.05. The summed E-state index contributed by atoms with van der Waals surface area (Å²) in [6.07, 6.45) is -4.55. The van der Waals surface area contributed by atoms with Crippen LogP contribution >= 0.6 is 15.9 Å². The number of aliphatic hydroxyl groups is 1. The summed E-state index contributed by atoms with van der Waals surface area (Å²) in [5, 5.41) is 8.66. The molecule has 0 spiro atoms. The van der Waals surface area contributed by atoms with E-state index in [0.29, 0.717) is 5.56 Å². The minimum atomic E-state index is -4.35. The molecule has 1 nitrogen and oxygen atoms in total. The number of hydrogen-bond donors (Lipinski definition) is 1. The monoisotopic (exact) mass is 282 g/mol. The molecule has 84 valence electrons. The molecule has 0 saturated heterocycles. The molecule has 0 radical (unpaired) electrons. The second-order valence-electron chi connectivity index (χ2n) is 3.26. The minimum Gasteiger partial charge on any atom is -0.396 e. The van der Waals surface area contributed by atoms with Crippen molar-refractivity contribution >= 4 is 15.9 Å². The lowest BCUT2D eigenvalue weighted by molar-refractivity contribution is -0.183. The summed E-state index contributed by atoms with van der Waals surface area (Å²) >= 11 is 3.18. The van der Waals surface area contributed by atoms with Gasteiger partial charge in [-0.1, -0.05) is 28.1 Å². The molecule has 0 aliphatic heterocycles. The highest BCUT2D eigenvalue weighted by molar-refractivity contribution is 9.10. The maximum Gasteiger partial charge on any atom is 0.394 e. The fraction of sp³-hybridized carbons (Fsp3) is 0.400. The van der Waals surface area contributed by atoms with E-state index in [1.165, 1.54) is 0 Å². The van der Waals surface area contributed by atoms with Crippen molar-refractivity contribution in [1.29, 1.82) is 0 Å². The van der Waals surface area contributed by atoms with Gasteiger partial charge in [0.1, 0.15) is 0 Å². The van der Waals surface area contributed by atoms with Crippen LogP contribution in [-0.4, -0.2) is 17.9 Å². The largest absolute Gasteiger partial charge is 0.396 e. The summed E-state index contributed by atoms with van der Waals surface area (Å²) in [6, 6.07) is 6.64. The van der Waals surface area contributed by atoms with E-state index in [1.54, 1.807) is 24.3 Å². The van der Waals surface area contributed by atoms with Crippen molar-refractivity contribution in [3.63, 3.8) is 0 Å². The smallest absolute Gasteiger partial charge is 0.394 e. The molecule has 15 heavy (non-hydrogen) atoms. The highest BCUT2D eigenvalue weighted by Crippen LogP contribution is 2.29. The van der Waals surface area contributed by atoms with Crippen LogP contribution in [-0.2, 0) is 6.42 Å². The van der Waals surface area contributed by atoms with Crippen LogP contribution in [0.3, 0.4) is 0 Å². The number of alkyl halides is 3. The molecule has 0 fully saturated rings. The summed E-state index contributed by atoms with van der Waals surface area (Å²) in [5.74, 6) is -1.69. The number of hydrogen-bond acceptors (Lipinski definition) is 1. The topological polar surface area (TPSA) is 20.2 Å². The normalized spacial score (nSPS) is 13.9. The van der Waals surface area contributed by atoms with E-state index in [1.807, 2.05) is 0 Å². The Bertz CT molecular complexity index is 325. The van der Waals surface area contributed by atoms with Gasteiger partial charge >= 0.3 is 6.18 Å². The van der Waals surface area contributed by atoms with Crippen molar-refractivity contribution in [2.75, 3.05) is 6.61 Å². The Kier molecular flexibility index (Phi) is 4.16. The van der Waals surface area contributed by atoms with Crippen LogP contribution in [0.1, 0.15) is 5.56 Å². The van der Waals surface area contributed by atoms with E-state index in [4.69, 9.17) is 5.11 Å². The number of rotatable bonds is 3.